The highest BCUT2D eigenvalue weighted by atomic mass is 15.3. The van der Waals surface area contributed by atoms with Crippen molar-refractivity contribution in [3.8, 4) is 0 Å². The van der Waals surface area contributed by atoms with Crippen LogP contribution in [0.5, 0.6) is 0 Å². The molecule has 128 valence electrons. The molecule has 2 aromatic heterocycles. The van der Waals surface area contributed by atoms with Crippen molar-refractivity contribution >= 4 is 17.8 Å². The number of rotatable bonds is 4. The fourth-order valence-corrected chi connectivity index (χ4v) is 2.71. The lowest BCUT2D eigenvalue weighted by Crippen LogP contribution is -2.48. The van der Waals surface area contributed by atoms with Crippen LogP contribution in [0.1, 0.15) is 18.8 Å². The monoisotopic (exact) mass is 329 g/mol. The topological polar surface area (TPSA) is 100 Å². The van der Waals surface area contributed by atoms with Gasteiger partial charge in [0.05, 0.1) is 6.04 Å². The quantitative estimate of drug-likeness (QED) is 0.842. The molecule has 0 radical (unpaired) electrons. The van der Waals surface area contributed by atoms with E-state index in [4.69, 9.17) is 5.73 Å². The molecule has 0 aliphatic carbocycles. The summed E-state index contributed by atoms with van der Waals surface area (Å²) in [7, 11) is 3.78. The second-order valence-electron chi connectivity index (χ2n) is 5.99. The van der Waals surface area contributed by atoms with Crippen molar-refractivity contribution in [2.24, 2.45) is 0 Å². The van der Waals surface area contributed by atoms with Crippen molar-refractivity contribution in [3.63, 3.8) is 0 Å². The van der Waals surface area contributed by atoms with Crippen molar-refractivity contribution in [3.05, 3.63) is 24.3 Å². The van der Waals surface area contributed by atoms with Crippen LogP contribution in [-0.2, 0) is 0 Å². The van der Waals surface area contributed by atoms with Gasteiger partial charge in [-0.1, -0.05) is 0 Å². The number of aromatic nitrogens is 5. The molecule has 1 saturated heterocycles. The average molecular weight is 329 g/mol. The van der Waals surface area contributed by atoms with E-state index < -0.39 is 0 Å². The van der Waals surface area contributed by atoms with Crippen molar-refractivity contribution in [1.82, 2.24) is 29.8 Å². The number of nitrogen functional groups attached to an aromatic ring is 1. The van der Waals surface area contributed by atoms with Gasteiger partial charge in [-0.05, 0) is 13.0 Å². The standard InChI is InChI=1S/C15H23N9/c1-11(12-19-13(16)21-15(20-12)22(2)3)23-7-9-24(10-8-23)14-17-5-4-6-18-14/h4-6,11H,7-10H2,1-3H3,(H2,16,19,20,21). The summed E-state index contributed by atoms with van der Waals surface area (Å²) in [6.07, 6.45) is 3.54. The molecule has 1 fully saturated rings. The van der Waals surface area contributed by atoms with Gasteiger partial charge in [0.2, 0.25) is 17.8 Å². The molecular weight excluding hydrogens is 306 g/mol. The average Bonchev–Trinajstić information content (AvgIpc) is 2.61. The van der Waals surface area contributed by atoms with Crippen molar-refractivity contribution in [2.75, 3.05) is 55.8 Å². The van der Waals surface area contributed by atoms with E-state index in [0.717, 1.165) is 32.1 Å². The number of hydrogen-bond donors (Lipinski definition) is 1. The third-order valence-electron chi connectivity index (χ3n) is 4.13. The van der Waals surface area contributed by atoms with Crippen LogP contribution in [0.4, 0.5) is 17.8 Å². The van der Waals surface area contributed by atoms with Gasteiger partial charge in [-0.15, -0.1) is 0 Å². The van der Waals surface area contributed by atoms with Crippen LogP contribution in [0, 0.1) is 0 Å². The van der Waals surface area contributed by atoms with Gasteiger partial charge < -0.3 is 15.5 Å². The lowest BCUT2D eigenvalue weighted by molar-refractivity contribution is 0.191. The smallest absolute Gasteiger partial charge is 0.229 e. The van der Waals surface area contributed by atoms with Crippen LogP contribution in [-0.4, -0.2) is 70.1 Å². The Balaban J connectivity index is 1.68. The molecule has 3 heterocycles. The summed E-state index contributed by atoms with van der Waals surface area (Å²) in [6.45, 7) is 5.62. The number of anilines is 3. The van der Waals surface area contributed by atoms with Crippen LogP contribution in [0.2, 0.25) is 0 Å². The van der Waals surface area contributed by atoms with Crippen molar-refractivity contribution < 1.29 is 0 Å². The molecule has 1 aliphatic heterocycles. The van der Waals surface area contributed by atoms with E-state index in [-0.39, 0.29) is 12.0 Å². The first-order valence-corrected chi connectivity index (χ1v) is 7.99. The van der Waals surface area contributed by atoms with Crippen LogP contribution in [0.15, 0.2) is 18.5 Å². The Morgan fingerprint density at radius 1 is 1.04 bits per heavy atom. The molecule has 0 spiro atoms. The Bertz CT molecular complexity index is 668. The number of piperazine rings is 1. The predicted molar refractivity (Wildman–Crippen MR) is 92.8 cm³/mol. The zero-order valence-corrected chi connectivity index (χ0v) is 14.3. The Hall–Kier alpha value is -2.55. The Labute approximate surface area is 141 Å². The number of nitrogens with zero attached hydrogens (tertiary/aromatic N) is 8. The maximum Gasteiger partial charge on any atom is 0.229 e. The highest BCUT2D eigenvalue weighted by molar-refractivity contribution is 5.33. The van der Waals surface area contributed by atoms with Gasteiger partial charge in [0.15, 0.2) is 5.82 Å². The summed E-state index contributed by atoms with van der Waals surface area (Å²) in [5.41, 5.74) is 5.83. The van der Waals surface area contributed by atoms with E-state index >= 15 is 0 Å². The Morgan fingerprint density at radius 2 is 1.71 bits per heavy atom. The van der Waals surface area contributed by atoms with Crippen molar-refractivity contribution in [2.45, 2.75) is 13.0 Å². The van der Waals surface area contributed by atoms with Crippen LogP contribution >= 0.6 is 0 Å². The fourth-order valence-electron chi connectivity index (χ4n) is 2.71. The van der Waals surface area contributed by atoms with E-state index in [2.05, 4.69) is 41.6 Å². The first-order valence-electron chi connectivity index (χ1n) is 7.99. The molecule has 0 aromatic carbocycles. The number of hydrogen-bond acceptors (Lipinski definition) is 9. The SMILES string of the molecule is CC(c1nc(N)nc(N(C)C)n1)N1CCN(c2ncccn2)CC1. The van der Waals surface area contributed by atoms with E-state index in [1.54, 1.807) is 12.4 Å². The van der Waals surface area contributed by atoms with Crippen molar-refractivity contribution in [1.29, 1.82) is 0 Å². The number of nitrogens with two attached hydrogens (primary N) is 1. The minimum atomic E-state index is 0.0767. The van der Waals surface area contributed by atoms with E-state index in [1.165, 1.54) is 0 Å². The van der Waals surface area contributed by atoms with E-state index in [9.17, 15) is 0 Å². The highest BCUT2D eigenvalue weighted by Crippen LogP contribution is 2.21. The lowest BCUT2D eigenvalue weighted by atomic mass is 10.2. The Morgan fingerprint density at radius 3 is 2.33 bits per heavy atom. The minimum absolute atomic E-state index is 0.0767. The maximum absolute atomic E-state index is 5.83. The Kier molecular flexibility index (Phi) is 4.70. The van der Waals surface area contributed by atoms with Crippen LogP contribution < -0.4 is 15.5 Å². The van der Waals surface area contributed by atoms with Crippen LogP contribution in [0.25, 0.3) is 0 Å². The summed E-state index contributed by atoms with van der Waals surface area (Å²) in [4.78, 5) is 28.0. The molecule has 24 heavy (non-hydrogen) atoms. The summed E-state index contributed by atoms with van der Waals surface area (Å²) < 4.78 is 0. The molecule has 2 N–H and O–H groups in total. The molecule has 0 amide bonds. The third-order valence-corrected chi connectivity index (χ3v) is 4.13. The lowest BCUT2D eigenvalue weighted by Gasteiger charge is -2.37. The van der Waals surface area contributed by atoms with Gasteiger partial charge in [-0.3, -0.25) is 4.90 Å². The molecule has 3 rings (SSSR count). The molecular formula is C15H23N9. The predicted octanol–water partition coefficient (Wildman–Crippen LogP) is 0.193. The van der Waals surface area contributed by atoms with Gasteiger partial charge in [0.1, 0.15) is 0 Å². The van der Waals surface area contributed by atoms with Gasteiger partial charge in [-0.25, -0.2) is 9.97 Å². The molecule has 1 unspecified atom stereocenters. The molecule has 1 aliphatic rings. The first-order chi connectivity index (χ1) is 11.5. The summed E-state index contributed by atoms with van der Waals surface area (Å²) in [5.74, 6) is 2.33. The third kappa shape index (κ3) is 3.51. The highest BCUT2D eigenvalue weighted by Gasteiger charge is 2.25. The summed E-state index contributed by atoms with van der Waals surface area (Å²) in [6, 6.07) is 1.91. The van der Waals surface area contributed by atoms with Gasteiger partial charge in [-0.2, -0.15) is 15.0 Å². The molecule has 1 atom stereocenters. The molecule has 9 nitrogen and oxygen atoms in total. The van der Waals surface area contributed by atoms with Gasteiger partial charge in [0, 0.05) is 52.7 Å². The second kappa shape index (κ2) is 6.91. The first kappa shape index (κ1) is 16.3. The largest absolute Gasteiger partial charge is 0.368 e. The summed E-state index contributed by atoms with van der Waals surface area (Å²) >= 11 is 0. The molecule has 9 heteroatoms. The molecule has 2 aromatic rings. The van der Waals surface area contributed by atoms with Crippen LogP contribution in [0.3, 0.4) is 0 Å². The second-order valence-corrected chi connectivity index (χ2v) is 5.99. The zero-order valence-electron chi connectivity index (χ0n) is 14.3. The molecule has 0 bridgehead atoms. The van der Waals surface area contributed by atoms with Gasteiger partial charge in [0.25, 0.3) is 0 Å². The zero-order chi connectivity index (χ0) is 17.1. The fraction of sp³-hybridized carbons (Fsp3) is 0.533. The molecule has 0 saturated carbocycles. The maximum atomic E-state index is 5.83. The van der Waals surface area contributed by atoms with Gasteiger partial charge >= 0.3 is 0 Å². The van der Waals surface area contributed by atoms with E-state index in [1.807, 2.05) is 25.1 Å². The minimum Gasteiger partial charge on any atom is -0.368 e. The van der Waals surface area contributed by atoms with E-state index in [0.29, 0.717) is 11.8 Å². The summed E-state index contributed by atoms with van der Waals surface area (Å²) in [5, 5.41) is 0. The normalized spacial score (nSPS) is 16.9.